The highest BCUT2D eigenvalue weighted by molar-refractivity contribution is 5.86. The minimum absolute atomic E-state index is 0.0936. The van der Waals surface area contributed by atoms with Gasteiger partial charge in [0, 0.05) is 6.42 Å². The fourth-order valence-corrected chi connectivity index (χ4v) is 5.10. The van der Waals surface area contributed by atoms with Crippen LogP contribution in [-0.2, 0) is 50.2 Å². The lowest BCUT2D eigenvalue weighted by molar-refractivity contribution is -0.240. The Bertz CT molecular complexity index is 1330. The van der Waals surface area contributed by atoms with E-state index in [4.69, 9.17) is 18.9 Å². The molecule has 0 saturated heterocycles. The minimum atomic E-state index is -1.62. The topological polar surface area (TPSA) is 74.2 Å². The molecular weight excluding hydrogens is 516 g/mol. The molecule has 0 aromatic heterocycles. The first-order valence-electron chi connectivity index (χ1n) is 13.9. The van der Waals surface area contributed by atoms with Crippen LogP contribution in [0.25, 0.3) is 0 Å². The zero-order valence-electron chi connectivity index (χ0n) is 23.0. The van der Waals surface area contributed by atoms with Gasteiger partial charge in [-0.3, -0.25) is 4.79 Å². The molecule has 0 aliphatic heterocycles. The lowest BCUT2D eigenvalue weighted by Crippen LogP contribution is -2.65. The molecule has 6 heteroatoms. The van der Waals surface area contributed by atoms with Gasteiger partial charge in [-0.2, -0.15) is 0 Å². The zero-order valence-corrected chi connectivity index (χ0v) is 23.0. The summed E-state index contributed by atoms with van der Waals surface area (Å²) in [6.45, 7) is 0.903. The first-order chi connectivity index (χ1) is 20.1. The summed E-state index contributed by atoms with van der Waals surface area (Å²) in [6.07, 6.45) is -2.85. The molecule has 0 heterocycles. The van der Waals surface area contributed by atoms with E-state index in [-0.39, 0.29) is 38.6 Å². The van der Waals surface area contributed by atoms with Crippen LogP contribution >= 0.6 is 0 Å². The Morgan fingerprint density at radius 1 is 0.585 bits per heavy atom. The van der Waals surface area contributed by atoms with Gasteiger partial charge in [0.1, 0.15) is 23.9 Å². The standard InChI is InChI=1S/C35H36O6/c36-31-21-35(37,26-38-22-27-13-5-1-6-14-27)34(41-25-30-19-11-4-12-20-30)33(40-24-29-17-9-3-10-18-29)32(31)39-23-28-15-7-2-8-16-28/h1-20,32-34,37H,21-26H2. The van der Waals surface area contributed by atoms with Gasteiger partial charge in [0.05, 0.1) is 33.0 Å². The smallest absolute Gasteiger partial charge is 0.167 e. The van der Waals surface area contributed by atoms with Crippen molar-refractivity contribution in [3.05, 3.63) is 144 Å². The van der Waals surface area contributed by atoms with Crippen LogP contribution < -0.4 is 0 Å². The molecule has 4 atom stereocenters. The summed E-state index contributed by atoms with van der Waals surface area (Å²) in [5, 5.41) is 12.0. The van der Waals surface area contributed by atoms with Crippen LogP contribution in [0.1, 0.15) is 28.7 Å². The van der Waals surface area contributed by atoms with Crippen LogP contribution in [-0.4, -0.2) is 41.4 Å². The van der Waals surface area contributed by atoms with Gasteiger partial charge in [-0.25, -0.2) is 0 Å². The van der Waals surface area contributed by atoms with E-state index in [9.17, 15) is 9.90 Å². The molecule has 0 radical (unpaired) electrons. The first-order valence-corrected chi connectivity index (χ1v) is 13.9. The third kappa shape index (κ3) is 7.97. The van der Waals surface area contributed by atoms with E-state index in [1.54, 1.807) is 0 Å². The number of Topliss-reactive ketones (excluding diaryl/α,β-unsaturated/α-hetero) is 1. The average Bonchev–Trinajstić information content (AvgIpc) is 3.01. The first kappa shape index (κ1) is 28.9. The van der Waals surface area contributed by atoms with Gasteiger partial charge in [-0.15, -0.1) is 0 Å². The molecule has 1 aliphatic rings. The Labute approximate surface area is 241 Å². The Morgan fingerprint density at radius 3 is 1.49 bits per heavy atom. The van der Waals surface area contributed by atoms with Gasteiger partial charge >= 0.3 is 0 Å². The highest BCUT2D eigenvalue weighted by Crippen LogP contribution is 2.35. The highest BCUT2D eigenvalue weighted by Gasteiger charge is 2.55. The molecule has 0 spiro atoms. The minimum Gasteiger partial charge on any atom is -0.384 e. The number of aliphatic hydroxyl groups is 1. The molecule has 212 valence electrons. The van der Waals surface area contributed by atoms with Crippen molar-refractivity contribution >= 4 is 5.78 Å². The van der Waals surface area contributed by atoms with Crippen LogP contribution in [0, 0.1) is 0 Å². The molecule has 1 fully saturated rings. The van der Waals surface area contributed by atoms with Crippen LogP contribution in [0.3, 0.4) is 0 Å². The van der Waals surface area contributed by atoms with E-state index < -0.39 is 23.9 Å². The van der Waals surface area contributed by atoms with E-state index in [2.05, 4.69) is 0 Å². The average molecular weight is 553 g/mol. The second-order valence-electron chi connectivity index (χ2n) is 10.4. The van der Waals surface area contributed by atoms with Gasteiger partial charge < -0.3 is 24.1 Å². The number of ether oxygens (including phenoxy) is 4. The Hall–Kier alpha value is -3.65. The van der Waals surface area contributed by atoms with Crippen molar-refractivity contribution in [2.45, 2.75) is 56.8 Å². The van der Waals surface area contributed by atoms with Crippen molar-refractivity contribution in [1.29, 1.82) is 0 Å². The SMILES string of the molecule is O=C1CC(O)(COCc2ccccc2)C(OCc2ccccc2)C(OCc2ccccc2)C1OCc1ccccc1. The maximum Gasteiger partial charge on any atom is 0.167 e. The number of carbonyl (C=O) groups excluding carboxylic acids is 1. The number of rotatable bonds is 13. The van der Waals surface area contributed by atoms with E-state index in [0.29, 0.717) is 6.61 Å². The van der Waals surface area contributed by atoms with Gasteiger partial charge in [-0.1, -0.05) is 121 Å². The lowest BCUT2D eigenvalue weighted by Gasteiger charge is -2.46. The third-order valence-electron chi connectivity index (χ3n) is 7.22. The zero-order chi connectivity index (χ0) is 28.3. The van der Waals surface area contributed by atoms with E-state index in [0.717, 1.165) is 22.3 Å². The maximum atomic E-state index is 13.6. The fourth-order valence-electron chi connectivity index (χ4n) is 5.10. The summed E-state index contributed by atoms with van der Waals surface area (Å²) in [7, 11) is 0. The van der Waals surface area contributed by atoms with Crippen LogP contribution in [0.5, 0.6) is 0 Å². The summed E-state index contributed by atoms with van der Waals surface area (Å²) < 4.78 is 25.1. The van der Waals surface area contributed by atoms with Gasteiger partial charge in [0.15, 0.2) is 5.78 Å². The second kappa shape index (κ2) is 14.3. The molecule has 1 aliphatic carbocycles. The molecule has 4 aromatic rings. The van der Waals surface area contributed by atoms with Crippen molar-refractivity contribution in [3.63, 3.8) is 0 Å². The summed E-state index contributed by atoms with van der Waals surface area (Å²) in [5.41, 5.74) is 2.18. The van der Waals surface area contributed by atoms with Gasteiger partial charge in [0.2, 0.25) is 0 Å². The number of hydrogen-bond acceptors (Lipinski definition) is 6. The van der Waals surface area contributed by atoms with E-state index >= 15 is 0 Å². The summed E-state index contributed by atoms with van der Waals surface area (Å²) >= 11 is 0. The Morgan fingerprint density at radius 2 is 1.00 bits per heavy atom. The summed E-state index contributed by atoms with van der Waals surface area (Å²) in [5.74, 6) is -0.246. The highest BCUT2D eigenvalue weighted by atomic mass is 16.6. The van der Waals surface area contributed by atoms with Gasteiger partial charge in [0.25, 0.3) is 0 Å². The predicted octanol–water partition coefficient (Wildman–Crippen LogP) is 5.66. The number of carbonyl (C=O) groups is 1. The van der Waals surface area contributed by atoms with Gasteiger partial charge in [-0.05, 0) is 22.3 Å². The largest absolute Gasteiger partial charge is 0.384 e. The monoisotopic (exact) mass is 552 g/mol. The van der Waals surface area contributed by atoms with E-state index in [1.807, 2.05) is 121 Å². The molecule has 1 N–H and O–H groups in total. The van der Waals surface area contributed by atoms with E-state index in [1.165, 1.54) is 0 Å². The fraction of sp³-hybridized carbons (Fsp3) is 0.286. The molecule has 1 saturated carbocycles. The van der Waals surface area contributed by atoms with Crippen molar-refractivity contribution in [1.82, 2.24) is 0 Å². The van der Waals surface area contributed by atoms with Crippen molar-refractivity contribution in [3.8, 4) is 0 Å². The summed E-state index contributed by atoms with van der Waals surface area (Å²) in [4.78, 5) is 13.6. The quantitative estimate of drug-likeness (QED) is 0.231. The van der Waals surface area contributed by atoms with Crippen LogP contribution in [0.4, 0.5) is 0 Å². The number of hydrogen-bond donors (Lipinski definition) is 1. The predicted molar refractivity (Wildman–Crippen MR) is 156 cm³/mol. The van der Waals surface area contributed by atoms with Crippen LogP contribution in [0.15, 0.2) is 121 Å². The Balaban J connectivity index is 1.40. The van der Waals surface area contributed by atoms with Crippen molar-refractivity contribution in [2.24, 2.45) is 0 Å². The molecule has 0 amide bonds. The molecule has 4 aromatic carbocycles. The second-order valence-corrected chi connectivity index (χ2v) is 10.4. The Kier molecular flexibility index (Phi) is 10.1. The number of ketones is 1. The van der Waals surface area contributed by atoms with Crippen LogP contribution in [0.2, 0.25) is 0 Å². The third-order valence-corrected chi connectivity index (χ3v) is 7.22. The molecule has 0 bridgehead atoms. The normalized spacial score (nSPS) is 22.5. The molecule has 41 heavy (non-hydrogen) atoms. The van der Waals surface area contributed by atoms with Crippen molar-refractivity contribution < 1.29 is 28.8 Å². The lowest BCUT2D eigenvalue weighted by atomic mass is 9.78. The van der Waals surface area contributed by atoms with Crippen molar-refractivity contribution in [2.75, 3.05) is 6.61 Å². The molecular formula is C35H36O6. The molecule has 6 nitrogen and oxygen atoms in total. The molecule has 5 rings (SSSR count). The maximum absolute atomic E-state index is 13.6. The molecule has 4 unspecified atom stereocenters. The summed E-state index contributed by atoms with van der Waals surface area (Å²) in [6, 6.07) is 38.9. The number of benzene rings is 4.